The van der Waals surface area contributed by atoms with Crippen molar-refractivity contribution in [3.63, 3.8) is 0 Å². The molecule has 6 atom stereocenters. The van der Waals surface area contributed by atoms with Gasteiger partial charge < -0.3 is 33.9 Å². The third-order valence-electron chi connectivity index (χ3n) is 5.36. The van der Waals surface area contributed by atoms with Gasteiger partial charge in [0.1, 0.15) is 24.4 Å². The maximum atomic E-state index is 10.3. The van der Waals surface area contributed by atoms with E-state index in [1.165, 1.54) is 25.7 Å². The maximum Gasteiger partial charge on any atom is 0.184 e. The van der Waals surface area contributed by atoms with Gasteiger partial charge >= 0.3 is 0 Å². The number of methoxy groups -OCH3 is 1. The Morgan fingerprint density at radius 1 is 1.11 bits per heavy atom. The Labute approximate surface area is 163 Å². The summed E-state index contributed by atoms with van der Waals surface area (Å²) in [4.78, 5) is 0. The number of fused-ring (bicyclic) bond motifs is 1. The van der Waals surface area contributed by atoms with Gasteiger partial charge in [0.15, 0.2) is 12.1 Å². The predicted molar refractivity (Wildman–Crippen MR) is 100 cm³/mol. The number of rotatable bonds is 11. The van der Waals surface area contributed by atoms with Crippen LogP contribution in [-0.4, -0.2) is 73.1 Å². The molecule has 2 aliphatic heterocycles. The average Bonchev–Trinajstić information content (AvgIpc) is 2.63. The zero-order valence-corrected chi connectivity index (χ0v) is 17.3. The first-order valence-corrected chi connectivity index (χ1v) is 10.4. The lowest BCUT2D eigenvalue weighted by molar-refractivity contribution is -0.381. The van der Waals surface area contributed by atoms with E-state index in [1.807, 2.05) is 13.8 Å². The van der Waals surface area contributed by atoms with Crippen LogP contribution in [0.2, 0.25) is 0 Å². The molecular weight excluding hydrogens is 352 g/mol. The third-order valence-corrected chi connectivity index (χ3v) is 5.36. The highest BCUT2D eigenvalue weighted by molar-refractivity contribution is 4.94. The van der Waals surface area contributed by atoms with Crippen molar-refractivity contribution in [3.8, 4) is 0 Å². The second-order valence-corrected chi connectivity index (χ2v) is 8.03. The SMILES string of the molecule is CCCCCCC[C@H](CCO[C@@H]1[C@@H](O)[C@@H](O)O[C@@H]2COC(C)(C)O[C@@H]12)OC. The number of aliphatic hydroxyl groups is 2. The van der Waals surface area contributed by atoms with Crippen molar-refractivity contribution in [2.75, 3.05) is 20.3 Å². The molecule has 2 fully saturated rings. The quantitative estimate of drug-likeness (QED) is 0.524. The summed E-state index contributed by atoms with van der Waals surface area (Å²) in [6.07, 6.45) is 3.99. The van der Waals surface area contributed by atoms with Crippen LogP contribution in [0.15, 0.2) is 0 Å². The van der Waals surface area contributed by atoms with E-state index < -0.39 is 36.5 Å². The summed E-state index contributed by atoms with van der Waals surface area (Å²) >= 11 is 0. The molecule has 0 aromatic carbocycles. The Morgan fingerprint density at radius 3 is 2.56 bits per heavy atom. The molecule has 0 saturated carbocycles. The van der Waals surface area contributed by atoms with Gasteiger partial charge in [-0.2, -0.15) is 0 Å². The van der Waals surface area contributed by atoms with Crippen LogP contribution in [0.4, 0.5) is 0 Å². The van der Waals surface area contributed by atoms with E-state index >= 15 is 0 Å². The molecule has 2 rings (SSSR count). The van der Waals surface area contributed by atoms with E-state index in [9.17, 15) is 10.2 Å². The first kappa shape index (κ1) is 23.0. The Kier molecular flexibility index (Phi) is 9.41. The van der Waals surface area contributed by atoms with Crippen LogP contribution in [0.5, 0.6) is 0 Å². The van der Waals surface area contributed by atoms with Crippen LogP contribution in [0, 0.1) is 0 Å². The maximum absolute atomic E-state index is 10.3. The normalized spacial score (nSPS) is 34.2. The number of aliphatic hydroxyl groups excluding tert-OH is 2. The molecule has 0 radical (unpaired) electrons. The van der Waals surface area contributed by atoms with Crippen molar-refractivity contribution in [3.05, 3.63) is 0 Å². The van der Waals surface area contributed by atoms with Crippen molar-refractivity contribution in [1.29, 1.82) is 0 Å². The molecule has 0 unspecified atom stereocenters. The van der Waals surface area contributed by atoms with Crippen LogP contribution >= 0.6 is 0 Å². The van der Waals surface area contributed by atoms with Crippen molar-refractivity contribution in [2.24, 2.45) is 0 Å². The highest BCUT2D eigenvalue weighted by Crippen LogP contribution is 2.33. The zero-order valence-electron chi connectivity index (χ0n) is 17.3. The molecule has 0 aliphatic carbocycles. The highest BCUT2D eigenvalue weighted by atomic mass is 16.8. The van der Waals surface area contributed by atoms with Gasteiger partial charge in [-0.15, -0.1) is 0 Å². The van der Waals surface area contributed by atoms with Gasteiger partial charge in [0.25, 0.3) is 0 Å². The molecule has 27 heavy (non-hydrogen) atoms. The largest absolute Gasteiger partial charge is 0.385 e. The van der Waals surface area contributed by atoms with E-state index in [-0.39, 0.29) is 6.10 Å². The summed E-state index contributed by atoms with van der Waals surface area (Å²) in [6, 6.07) is 0. The molecule has 2 aliphatic rings. The number of hydrogen-bond acceptors (Lipinski definition) is 7. The van der Waals surface area contributed by atoms with Crippen LogP contribution in [-0.2, 0) is 23.7 Å². The fraction of sp³-hybridized carbons (Fsp3) is 1.00. The minimum absolute atomic E-state index is 0.136. The number of hydrogen-bond donors (Lipinski definition) is 2. The van der Waals surface area contributed by atoms with Crippen LogP contribution < -0.4 is 0 Å². The second-order valence-electron chi connectivity index (χ2n) is 8.03. The Hall–Kier alpha value is -0.280. The van der Waals surface area contributed by atoms with E-state index in [2.05, 4.69) is 6.92 Å². The lowest BCUT2D eigenvalue weighted by atomic mass is 9.97. The van der Waals surface area contributed by atoms with E-state index in [1.54, 1.807) is 7.11 Å². The summed E-state index contributed by atoms with van der Waals surface area (Å²) in [6.45, 7) is 6.56. The predicted octanol–water partition coefficient (Wildman–Crippen LogP) is 2.37. The lowest BCUT2D eigenvalue weighted by Gasteiger charge is -2.49. The topological polar surface area (TPSA) is 86.6 Å². The van der Waals surface area contributed by atoms with E-state index in [0.29, 0.717) is 13.2 Å². The molecule has 0 aromatic heterocycles. The molecule has 2 heterocycles. The number of unbranched alkanes of at least 4 members (excludes halogenated alkanes) is 4. The monoisotopic (exact) mass is 390 g/mol. The molecule has 7 nitrogen and oxygen atoms in total. The van der Waals surface area contributed by atoms with Crippen LogP contribution in [0.25, 0.3) is 0 Å². The number of ether oxygens (including phenoxy) is 5. The van der Waals surface area contributed by atoms with Crippen LogP contribution in [0.1, 0.15) is 65.7 Å². The van der Waals surface area contributed by atoms with Gasteiger partial charge in [-0.05, 0) is 26.7 Å². The van der Waals surface area contributed by atoms with Crippen molar-refractivity contribution < 1.29 is 33.9 Å². The fourth-order valence-corrected chi connectivity index (χ4v) is 3.71. The van der Waals surface area contributed by atoms with Gasteiger partial charge in [0, 0.05) is 13.7 Å². The zero-order chi connectivity index (χ0) is 19.9. The highest BCUT2D eigenvalue weighted by Gasteiger charge is 2.51. The van der Waals surface area contributed by atoms with E-state index in [4.69, 9.17) is 23.7 Å². The van der Waals surface area contributed by atoms with Crippen molar-refractivity contribution >= 4 is 0 Å². The van der Waals surface area contributed by atoms with Crippen molar-refractivity contribution in [1.82, 2.24) is 0 Å². The first-order chi connectivity index (χ1) is 12.9. The average molecular weight is 391 g/mol. The van der Waals surface area contributed by atoms with Crippen molar-refractivity contribution in [2.45, 2.75) is 108 Å². The van der Waals surface area contributed by atoms with Gasteiger partial charge in [-0.1, -0.05) is 39.0 Å². The summed E-state index contributed by atoms with van der Waals surface area (Å²) in [5.41, 5.74) is 0. The minimum atomic E-state index is -1.30. The Morgan fingerprint density at radius 2 is 1.85 bits per heavy atom. The molecule has 2 N–H and O–H groups in total. The van der Waals surface area contributed by atoms with Gasteiger partial charge in [-0.3, -0.25) is 0 Å². The molecule has 0 aromatic rings. The van der Waals surface area contributed by atoms with Crippen LogP contribution in [0.3, 0.4) is 0 Å². The molecule has 160 valence electrons. The lowest BCUT2D eigenvalue weighted by Crippen LogP contribution is -2.65. The summed E-state index contributed by atoms with van der Waals surface area (Å²) in [7, 11) is 1.73. The smallest absolute Gasteiger partial charge is 0.184 e. The molecule has 0 amide bonds. The second kappa shape index (κ2) is 11.0. The minimum Gasteiger partial charge on any atom is -0.385 e. The summed E-state index contributed by atoms with van der Waals surface area (Å²) in [5.74, 6) is -0.776. The third kappa shape index (κ3) is 6.92. The van der Waals surface area contributed by atoms with Gasteiger partial charge in [0.05, 0.1) is 12.7 Å². The Bertz CT molecular complexity index is 417. The van der Waals surface area contributed by atoms with Gasteiger partial charge in [0.2, 0.25) is 0 Å². The van der Waals surface area contributed by atoms with Gasteiger partial charge in [-0.25, -0.2) is 0 Å². The Balaban J connectivity index is 1.80. The molecule has 0 bridgehead atoms. The first-order valence-electron chi connectivity index (χ1n) is 10.4. The molecule has 7 heteroatoms. The van der Waals surface area contributed by atoms with E-state index in [0.717, 1.165) is 19.3 Å². The summed E-state index contributed by atoms with van der Waals surface area (Å²) < 4.78 is 28.4. The summed E-state index contributed by atoms with van der Waals surface area (Å²) in [5, 5.41) is 20.3. The molecule has 2 saturated heterocycles. The molecule has 0 spiro atoms. The standard InChI is InChI=1S/C20H38O7/c1-5-6-7-8-9-10-14(23-4)11-12-24-18-16(21)19(22)26-15-13-25-20(2,3)27-17(15)18/h14-19,21-22H,5-13H2,1-4H3/t14-,15-,16-,17-,18-,19+/m1/s1. The fourth-order valence-electron chi connectivity index (χ4n) is 3.71. The molecular formula is C20H38O7.